The lowest BCUT2D eigenvalue weighted by atomic mass is 10.1. The largest absolute Gasteiger partial charge is 0.493 e. The monoisotopic (exact) mass is 205 g/mol. The SMILES string of the molecule is CC(=O)ON=Cc1ccc2c(c1)CCO2. The summed E-state index contributed by atoms with van der Waals surface area (Å²) < 4.78 is 5.37. The molecule has 1 aromatic carbocycles. The second-order valence-corrected chi connectivity index (χ2v) is 3.28. The molecule has 0 radical (unpaired) electrons. The van der Waals surface area contributed by atoms with Crippen LogP contribution in [0.1, 0.15) is 18.1 Å². The highest BCUT2D eigenvalue weighted by molar-refractivity contribution is 5.80. The zero-order chi connectivity index (χ0) is 10.7. The third-order valence-corrected chi connectivity index (χ3v) is 2.10. The quantitative estimate of drug-likeness (QED) is 0.418. The van der Waals surface area contributed by atoms with Crippen molar-refractivity contribution in [1.29, 1.82) is 0 Å². The van der Waals surface area contributed by atoms with Crippen molar-refractivity contribution in [2.75, 3.05) is 6.61 Å². The minimum atomic E-state index is -0.421. The van der Waals surface area contributed by atoms with Crippen LogP contribution in [0.3, 0.4) is 0 Å². The number of carbonyl (C=O) groups is 1. The molecular formula is C11H11NO3. The Labute approximate surface area is 87.5 Å². The van der Waals surface area contributed by atoms with Gasteiger partial charge in [-0.3, -0.25) is 0 Å². The van der Waals surface area contributed by atoms with Gasteiger partial charge >= 0.3 is 5.97 Å². The van der Waals surface area contributed by atoms with Gasteiger partial charge < -0.3 is 9.57 Å². The van der Waals surface area contributed by atoms with Gasteiger partial charge in [0.1, 0.15) is 5.75 Å². The molecule has 1 heterocycles. The van der Waals surface area contributed by atoms with Gasteiger partial charge in [0.2, 0.25) is 0 Å². The number of nitrogens with zero attached hydrogens (tertiary/aromatic N) is 1. The molecule has 0 spiro atoms. The number of fused-ring (bicyclic) bond motifs is 1. The molecule has 0 aromatic heterocycles. The van der Waals surface area contributed by atoms with Gasteiger partial charge in [-0.2, -0.15) is 0 Å². The number of ether oxygens (including phenoxy) is 1. The Kier molecular flexibility index (Phi) is 2.67. The molecule has 1 aliphatic heterocycles. The lowest BCUT2D eigenvalue weighted by molar-refractivity contribution is -0.140. The topological polar surface area (TPSA) is 47.9 Å². The number of hydrogen-bond donors (Lipinski definition) is 0. The molecule has 0 fully saturated rings. The van der Waals surface area contributed by atoms with Crippen LogP contribution in [0.15, 0.2) is 23.4 Å². The Morgan fingerprint density at radius 1 is 1.60 bits per heavy atom. The highest BCUT2D eigenvalue weighted by Gasteiger charge is 2.11. The molecule has 0 amide bonds. The van der Waals surface area contributed by atoms with E-state index in [1.807, 2.05) is 18.2 Å². The fraction of sp³-hybridized carbons (Fsp3) is 0.273. The van der Waals surface area contributed by atoms with Crippen molar-refractivity contribution in [2.45, 2.75) is 13.3 Å². The van der Waals surface area contributed by atoms with Gasteiger partial charge in [-0.25, -0.2) is 4.79 Å². The van der Waals surface area contributed by atoms with Crippen LogP contribution < -0.4 is 4.74 Å². The van der Waals surface area contributed by atoms with Crippen molar-refractivity contribution in [3.8, 4) is 5.75 Å². The lowest BCUT2D eigenvalue weighted by Gasteiger charge is -1.98. The molecule has 1 aromatic rings. The predicted octanol–water partition coefficient (Wildman–Crippen LogP) is 1.52. The minimum absolute atomic E-state index is 0.421. The molecule has 0 aliphatic carbocycles. The maximum Gasteiger partial charge on any atom is 0.331 e. The first-order valence-electron chi connectivity index (χ1n) is 4.72. The second-order valence-electron chi connectivity index (χ2n) is 3.28. The summed E-state index contributed by atoms with van der Waals surface area (Å²) in [6.07, 6.45) is 2.44. The van der Waals surface area contributed by atoms with E-state index in [-0.39, 0.29) is 0 Å². The molecule has 0 atom stereocenters. The summed E-state index contributed by atoms with van der Waals surface area (Å²) in [7, 11) is 0. The fourth-order valence-electron chi connectivity index (χ4n) is 1.45. The zero-order valence-corrected chi connectivity index (χ0v) is 8.40. The van der Waals surface area contributed by atoms with Gasteiger partial charge in [0.15, 0.2) is 0 Å². The lowest BCUT2D eigenvalue weighted by Crippen LogP contribution is -1.92. The fourth-order valence-corrected chi connectivity index (χ4v) is 1.45. The molecule has 15 heavy (non-hydrogen) atoms. The maximum absolute atomic E-state index is 10.5. The van der Waals surface area contributed by atoms with Crippen LogP contribution >= 0.6 is 0 Å². The van der Waals surface area contributed by atoms with E-state index in [1.165, 1.54) is 18.7 Å². The van der Waals surface area contributed by atoms with E-state index >= 15 is 0 Å². The molecule has 4 heteroatoms. The standard InChI is InChI=1S/C11H11NO3/c1-8(13)15-12-7-9-2-3-11-10(6-9)4-5-14-11/h2-3,6-7H,4-5H2,1H3. The van der Waals surface area contributed by atoms with Crippen LogP contribution in [0.5, 0.6) is 5.75 Å². The van der Waals surface area contributed by atoms with Crippen LogP contribution in [0.4, 0.5) is 0 Å². The summed E-state index contributed by atoms with van der Waals surface area (Å²) in [5.41, 5.74) is 2.07. The third kappa shape index (κ3) is 2.34. The molecule has 78 valence electrons. The summed E-state index contributed by atoms with van der Waals surface area (Å²) in [5, 5.41) is 3.55. The number of rotatable bonds is 2. The van der Waals surface area contributed by atoms with E-state index < -0.39 is 5.97 Å². The minimum Gasteiger partial charge on any atom is -0.493 e. The van der Waals surface area contributed by atoms with Crippen molar-refractivity contribution < 1.29 is 14.4 Å². The Morgan fingerprint density at radius 3 is 3.27 bits per heavy atom. The van der Waals surface area contributed by atoms with E-state index in [2.05, 4.69) is 9.99 Å². The van der Waals surface area contributed by atoms with E-state index in [9.17, 15) is 4.79 Å². The molecule has 2 rings (SSSR count). The number of hydrogen-bond acceptors (Lipinski definition) is 4. The van der Waals surface area contributed by atoms with Crippen molar-refractivity contribution in [3.05, 3.63) is 29.3 Å². The Morgan fingerprint density at radius 2 is 2.47 bits per heavy atom. The Hall–Kier alpha value is -1.84. The molecular weight excluding hydrogens is 194 g/mol. The van der Waals surface area contributed by atoms with Crippen LogP contribution in [0.25, 0.3) is 0 Å². The van der Waals surface area contributed by atoms with Gasteiger partial charge in [0.05, 0.1) is 12.8 Å². The first-order valence-corrected chi connectivity index (χ1v) is 4.72. The van der Waals surface area contributed by atoms with Crippen molar-refractivity contribution in [3.63, 3.8) is 0 Å². The first kappa shape index (κ1) is 9.71. The molecule has 4 nitrogen and oxygen atoms in total. The zero-order valence-electron chi connectivity index (χ0n) is 8.40. The van der Waals surface area contributed by atoms with E-state index in [1.54, 1.807) is 0 Å². The average molecular weight is 205 g/mol. The van der Waals surface area contributed by atoms with Crippen molar-refractivity contribution in [2.24, 2.45) is 5.16 Å². The van der Waals surface area contributed by atoms with Gasteiger partial charge in [-0.05, 0) is 29.3 Å². The molecule has 0 saturated carbocycles. The summed E-state index contributed by atoms with van der Waals surface area (Å²) >= 11 is 0. The summed E-state index contributed by atoms with van der Waals surface area (Å²) in [6.45, 7) is 2.05. The molecule has 1 aliphatic rings. The number of benzene rings is 1. The summed E-state index contributed by atoms with van der Waals surface area (Å²) in [6, 6.07) is 5.75. The van der Waals surface area contributed by atoms with Crippen molar-refractivity contribution >= 4 is 12.2 Å². The second kappa shape index (κ2) is 4.13. The van der Waals surface area contributed by atoms with Gasteiger partial charge in [0, 0.05) is 13.3 Å². The summed E-state index contributed by atoms with van der Waals surface area (Å²) in [4.78, 5) is 14.9. The average Bonchev–Trinajstić information content (AvgIpc) is 2.64. The molecule has 0 saturated heterocycles. The predicted molar refractivity (Wildman–Crippen MR) is 55.0 cm³/mol. The number of carbonyl (C=O) groups excluding carboxylic acids is 1. The van der Waals surface area contributed by atoms with Crippen LogP contribution in [-0.4, -0.2) is 18.8 Å². The maximum atomic E-state index is 10.5. The third-order valence-electron chi connectivity index (χ3n) is 2.10. The molecule has 0 N–H and O–H groups in total. The van der Waals surface area contributed by atoms with Crippen LogP contribution in [-0.2, 0) is 16.1 Å². The normalized spacial score (nSPS) is 13.7. The summed E-state index contributed by atoms with van der Waals surface area (Å²) in [5.74, 6) is 0.510. The highest BCUT2D eigenvalue weighted by Crippen LogP contribution is 2.25. The van der Waals surface area contributed by atoms with Crippen molar-refractivity contribution in [1.82, 2.24) is 0 Å². The Balaban J connectivity index is 2.10. The molecule has 0 bridgehead atoms. The van der Waals surface area contributed by atoms with E-state index in [0.29, 0.717) is 0 Å². The smallest absolute Gasteiger partial charge is 0.331 e. The highest BCUT2D eigenvalue weighted by atomic mass is 16.7. The first-order chi connectivity index (χ1) is 7.25. The molecule has 0 unspecified atom stereocenters. The van der Waals surface area contributed by atoms with Crippen LogP contribution in [0.2, 0.25) is 0 Å². The van der Waals surface area contributed by atoms with E-state index in [4.69, 9.17) is 4.74 Å². The number of oxime groups is 1. The van der Waals surface area contributed by atoms with E-state index in [0.717, 1.165) is 24.3 Å². The van der Waals surface area contributed by atoms with Crippen LogP contribution in [0, 0.1) is 0 Å². The van der Waals surface area contributed by atoms with Gasteiger partial charge in [-0.15, -0.1) is 0 Å². The van der Waals surface area contributed by atoms with Gasteiger partial charge in [0.25, 0.3) is 0 Å². The van der Waals surface area contributed by atoms with Gasteiger partial charge in [-0.1, -0.05) is 5.16 Å². The Bertz CT molecular complexity index is 412.